The van der Waals surface area contributed by atoms with E-state index in [-0.39, 0.29) is 24.7 Å². The first-order valence-electron chi connectivity index (χ1n) is 4.62. The number of nitrogens with zero attached hydrogens (tertiary/aromatic N) is 1. The molecule has 4 heteroatoms. The number of methoxy groups -OCH3 is 1. The summed E-state index contributed by atoms with van der Waals surface area (Å²) in [5, 5.41) is 8.71. The summed E-state index contributed by atoms with van der Waals surface area (Å²) in [6.07, 6.45) is 1.99. The molecule has 1 aliphatic rings. The van der Waals surface area contributed by atoms with Crippen molar-refractivity contribution in [2.75, 3.05) is 20.3 Å². The van der Waals surface area contributed by atoms with Crippen LogP contribution in [0.3, 0.4) is 0 Å². The molecule has 0 spiro atoms. The normalized spacial score (nSPS) is 29.0. The van der Waals surface area contributed by atoms with Crippen LogP contribution in [0, 0.1) is 0 Å². The second kappa shape index (κ2) is 4.58. The Labute approximate surface area is 78.5 Å². The fraction of sp³-hybridized carbons (Fsp3) is 0.889. The van der Waals surface area contributed by atoms with Crippen molar-refractivity contribution in [1.29, 1.82) is 0 Å². The average molecular weight is 187 g/mol. The summed E-state index contributed by atoms with van der Waals surface area (Å²) in [5.41, 5.74) is 0. The molecule has 1 rings (SSSR count). The molecule has 1 fully saturated rings. The molecule has 0 bridgehead atoms. The van der Waals surface area contributed by atoms with Crippen LogP contribution in [0.2, 0.25) is 0 Å². The van der Waals surface area contributed by atoms with Crippen LogP contribution >= 0.6 is 0 Å². The molecule has 76 valence electrons. The van der Waals surface area contributed by atoms with Gasteiger partial charge in [-0.05, 0) is 19.8 Å². The molecular formula is C9H17NO3. The molecule has 0 unspecified atom stereocenters. The maximum atomic E-state index is 11.2. The number of carbonyl (C=O) groups excluding carboxylic acids is 1. The molecule has 4 nitrogen and oxygen atoms in total. The van der Waals surface area contributed by atoms with E-state index in [4.69, 9.17) is 9.84 Å². The van der Waals surface area contributed by atoms with Crippen molar-refractivity contribution in [3.05, 3.63) is 0 Å². The summed E-state index contributed by atoms with van der Waals surface area (Å²) in [5.74, 6) is -0.179. The summed E-state index contributed by atoms with van der Waals surface area (Å²) in [6, 6.07) is 0.179. The summed E-state index contributed by atoms with van der Waals surface area (Å²) in [7, 11) is 1.70. The third-order valence-electron chi connectivity index (χ3n) is 2.62. The van der Waals surface area contributed by atoms with Gasteiger partial charge in [0.05, 0.1) is 6.10 Å². The van der Waals surface area contributed by atoms with Gasteiger partial charge in [0.1, 0.15) is 6.61 Å². The zero-order valence-electron chi connectivity index (χ0n) is 8.19. The Balaban J connectivity index is 2.48. The largest absolute Gasteiger partial charge is 0.387 e. The molecule has 0 radical (unpaired) electrons. The van der Waals surface area contributed by atoms with Crippen LogP contribution in [-0.4, -0.2) is 48.3 Å². The number of aliphatic hydroxyl groups is 1. The van der Waals surface area contributed by atoms with Crippen molar-refractivity contribution in [3.8, 4) is 0 Å². The summed E-state index contributed by atoms with van der Waals surface area (Å²) >= 11 is 0. The van der Waals surface area contributed by atoms with Gasteiger partial charge in [-0.2, -0.15) is 0 Å². The molecular weight excluding hydrogens is 170 g/mol. The van der Waals surface area contributed by atoms with Crippen LogP contribution in [0.4, 0.5) is 0 Å². The number of aliphatic hydroxyl groups excluding tert-OH is 1. The van der Waals surface area contributed by atoms with Gasteiger partial charge in [0, 0.05) is 19.7 Å². The zero-order chi connectivity index (χ0) is 9.84. The number of hydrogen-bond donors (Lipinski definition) is 1. The van der Waals surface area contributed by atoms with Crippen LogP contribution < -0.4 is 0 Å². The lowest BCUT2D eigenvalue weighted by Crippen LogP contribution is -2.47. The molecule has 0 saturated carbocycles. The molecule has 0 aromatic rings. The minimum atomic E-state index is -0.387. The minimum Gasteiger partial charge on any atom is -0.387 e. The van der Waals surface area contributed by atoms with Crippen LogP contribution in [-0.2, 0) is 9.53 Å². The molecule has 0 aromatic heterocycles. The first-order valence-corrected chi connectivity index (χ1v) is 4.62. The fourth-order valence-corrected chi connectivity index (χ4v) is 1.80. The van der Waals surface area contributed by atoms with Gasteiger partial charge in [0.25, 0.3) is 0 Å². The van der Waals surface area contributed by atoms with E-state index in [0.717, 1.165) is 12.8 Å². The van der Waals surface area contributed by atoms with E-state index in [1.807, 2.05) is 6.92 Å². The van der Waals surface area contributed by atoms with Crippen molar-refractivity contribution in [1.82, 2.24) is 4.90 Å². The Kier molecular flexibility index (Phi) is 3.69. The molecule has 0 aliphatic carbocycles. The van der Waals surface area contributed by atoms with Gasteiger partial charge >= 0.3 is 0 Å². The first kappa shape index (κ1) is 10.5. The highest BCUT2D eigenvalue weighted by Gasteiger charge is 2.27. The Morgan fingerprint density at radius 3 is 2.85 bits per heavy atom. The fourth-order valence-electron chi connectivity index (χ4n) is 1.80. The van der Waals surface area contributed by atoms with Gasteiger partial charge in [-0.25, -0.2) is 0 Å². The average Bonchev–Trinajstić information content (AvgIpc) is 2.16. The summed E-state index contributed by atoms with van der Waals surface area (Å²) in [4.78, 5) is 12.9. The number of amides is 1. The van der Waals surface area contributed by atoms with E-state index >= 15 is 0 Å². The predicted octanol–water partition coefficient (Wildman–Crippen LogP) is 0.00460. The van der Waals surface area contributed by atoms with Crippen molar-refractivity contribution >= 4 is 5.91 Å². The number of carbonyl (C=O) groups is 1. The number of hydrogen-bond acceptors (Lipinski definition) is 3. The first-order chi connectivity index (χ1) is 6.19. The monoisotopic (exact) mass is 187 g/mol. The van der Waals surface area contributed by atoms with Crippen LogP contribution in [0.1, 0.15) is 19.8 Å². The van der Waals surface area contributed by atoms with E-state index in [9.17, 15) is 4.79 Å². The van der Waals surface area contributed by atoms with E-state index < -0.39 is 0 Å². The molecule has 13 heavy (non-hydrogen) atoms. The lowest BCUT2D eigenvalue weighted by molar-refractivity contribution is -0.139. The van der Waals surface area contributed by atoms with E-state index in [1.165, 1.54) is 0 Å². The van der Waals surface area contributed by atoms with Gasteiger partial charge in [0.15, 0.2) is 0 Å². The highest BCUT2D eigenvalue weighted by molar-refractivity contribution is 5.77. The predicted molar refractivity (Wildman–Crippen MR) is 48.3 cm³/mol. The van der Waals surface area contributed by atoms with Crippen molar-refractivity contribution in [2.45, 2.75) is 31.9 Å². The Hall–Kier alpha value is -0.610. The Morgan fingerprint density at radius 1 is 1.69 bits per heavy atom. The number of ether oxygens (including phenoxy) is 1. The number of likely N-dealkylation sites (tertiary alicyclic amines) is 1. The quantitative estimate of drug-likeness (QED) is 0.662. The molecule has 1 amide bonds. The van der Waals surface area contributed by atoms with Crippen molar-refractivity contribution < 1.29 is 14.6 Å². The van der Waals surface area contributed by atoms with Crippen LogP contribution in [0.5, 0.6) is 0 Å². The maximum Gasteiger partial charge on any atom is 0.248 e. The zero-order valence-corrected chi connectivity index (χ0v) is 8.19. The molecule has 1 saturated heterocycles. The van der Waals surface area contributed by atoms with Crippen LogP contribution in [0.15, 0.2) is 0 Å². The third kappa shape index (κ3) is 2.42. The van der Waals surface area contributed by atoms with Gasteiger partial charge in [-0.15, -0.1) is 0 Å². The third-order valence-corrected chi connectivity index (χ3v) is 2.62. The number of piperidine rings is 1. The topological polar surface area (TPSA) is 49.8 Å². The van der Waals surface area contributed by atoms with Crippen molar-refractivity contribution in [3.63, 3.8) is 0 Å². The smallest absolute Gasteiger partial charge is 0.248 e. The van der Waals surface area contributed by atoms with Gasteiger partial charge in [-0.3, -0.25) is 4.79 Å². The van der Waals surface area contributed by atoms with Crippen molar-refractivity contribution in [2.24, 2.45) is 0 Å². The van der Waals surface area contributed by atoms with Crippen LogP contribution in [0.25, 0.3) is 0 Å². The lowest BCUT2D eigenvalue weighted by atomic mass is 10.0. The van der Waals surface area contributed by atoms with Gasteiger partial charge in [-0.1, -0.05) is 0 Å². The van der Waals surface area contributed by atoms with Gasteiger partial charge in [0.2, 0.25) is 5.91 Å². The molecule has 2 atom stereocenters. The highest BCUT2D eigenvalue weighted by atomic mass is 16.5. The second-order valence-electron chi connectivity index (χ2n) is 3.48. The SMILES string of the molecule is CO[C@H]1CCN(C(=O)CO)[C@H](C)C1. The van der Waals surface area contributed by atoms with Gasteiger partial charge < -0.3 is 14.7 Å². The summed E-state index contributed by atoms with van der Waals surface area (Å²) in [6.45, 7) is 2.29. The maximum absolute atomic E-state index is 11.2. The molecule has 1 N–H and O–H groups in total. The minimum absolute atomic E-state index is 0.179. The molecule has 0 aromatic carbocycles. The van der Waals surface area contributed by atoms with E-state index in [2.05, 4.69) is 0 Å². The highest BCUT2D eigenvalue weighted by Crippen LogP contribution is 2.18. The second-order valence-corrected chi connectivity index (χ2v) is 3.48. The van der Waals surface area contributed by atoms with E-state index in [0.29, 0.717) is 6.54 Å². The Bertz CT molecular complexity index is 184. The number of rotatable bonds is 2. The summed E-state index contributed by atoms with van der Waals surface area (Å²) < 4.78 is 5.22. The Morgan fingerprint density at radius 2 is 2.38 bits per heavy atom. The molecule has 1 aliphatic heterocycles. The lowest BCUT2D eigenvalue weighted by Gasteiger charge is -2.36. The molecule has 1 heterocycles. The standard InChI is InChI=1S/C9H17NO3/c1-7-5-8(13-2)3-4-10(7)9(12)6-11/h7-8,11H,3-6H2,1-2H3/t7-,8+/m1/s1. The van der Waals surface area contributed by atoms with E-state index in [1.54, 1.807) is 12.0 Å².